The van der Waals surface area contributed by atoms with Crippen molar-refractivity contribution in [3.05, 3.63) is 119 Å². The molecule has 0 spiro atoms. The van der Waals surface area contributed by atoms with E-state index in [-0.39, 0.29) is 43.3 Å². The van der Waals surface area contributed by atoms with E-state index >= 15 is 0 Å². The van der Waals surface area contributed by atoms with Crippen LogP contribution in [-0.4, -0.2) is 51.9 Å². The molecule has 12 nitrogen and oxygen atoms in total. The Bertz CT molecular complexity index is 2090. The summed E-state index contributed by atoms with van der Waals surface area (Å²) < 4.78 is 131. The maximum Gasteiger partial charge on any atom is 0.294 e. The monoisotopic (exact) mass is 794 g/mol. The highest BCUT2D eigenvalue weighted by Gasteiger charge is 2.22. The minimum atomic E-state index is -4.41. The summed E-state index contributed by atoms with van der Waals surface area (Å²) in [6.07, 6.45) is 3.89. The van der Waals surface area contributed by atoms with Gasteiger partial charge in [0.2, 0.25) is 0 Å². The zero-order valence-electron chi connectivity index (χ0n) is 28.5. The number of hydrogen-bond donors (Lipinski definition) is 4. The smallest absolute Gasteiger partial charge is 0.282 e. The molecule has 0 fully saturated rings. The number of benzene rings is 4. The van der Waals surface area contributed by atoms with Crippen molar-refractivity contribution in [1.82, 2.24) is 0 Å². The van der Waals surface area contributed by atoms with Gasteiger partial charge in [-0.2, -0.15) is 33.7 Å². The van der Waals surface area contributed by atoms with Gasteiger partial charge in [0.1, 0.15) is 0 Å². The lowest BCUT2D eigenvalue weighted by Crippen LogP contribution is -2.08. The molecule has 0 aliphatic rings. The second kappa shape index (κ2) is 16.7. The maximum atomic E-state index is 11.7. The fourth-order valence-electron chi connectivity index (χ4n) is 6.35. The molecule has 4 N–H and O–H groups in total. The van der Waals surface area contributed by atoms with E-state index in [1.807, 2.05) is 13.8 Å². The van der Waals surface area contributed by atoms with Crippen molar-refractivity contribution >= 4 is 40.5 Å². The highest BCUT2D eigenvalue weighted by atomic mass is 32.2. The van der Waals surface area contributed by atoms with Gasteiger partial charge in [-0.3, -0.25) is 18.2 Å². The van der Waals surface area contributed by atoms with Gasteiger partial charge in [0.15, 0.2) is 0 Å². The van der Waals surface area contributed by atoms with E-state index in [0.717, 1.165) is 22.3 Å². The quantitative estimate of drug-likeness (QED) is 0.0765. The number of hydrogen-bond acceptors (Lipinski definition) is 8. The molecule has 282 valence electrons. The van der Waals surface area contributed by atoms with Crippen molar-refractivity contribution in [3.63, 3.8) is 0 Å². The molecule has 0 saturated carbocycles. The SMILES string of the molecule is C[C@H](CC[C@@H](CC[C@H](CC[C@@H](C)c1ccc(S(=O)(=O)O)cc1)c1ccc(S(=O)(=O)O)cc1)c1ccc(S(=O)(=O)O)cc1)c1ccc(S(=O)(=O)O)cc1. The Morgan fingerprint density at radius 1 is 0.346 bits per heavy atom. The minimum Gasteiger partial charge on any atom is -0.282 e. The van der Waals surface area contributed by atoms with Crippen LogP contribution in [0.4, 0.5) is 0 Å². The van der Waals surface area contributed by atoms with Crippen LogP contribution >= 0.6 is 0 Å². The first-order valence-electron chi connectivity index (χ1n) is 16.4. The predicted octanol–water partition coefficient (Wildman–Crippen LogP) is 7.49. The van der Waals surface area contributed by atoms with Crippen LogP contribution in [0.3, 0.4) is 0 Å². The van der Waals surface area contributed by atoms with Crippen LogP contribution in [0.5, 0.6) is 0 Å². The molecule has 0 amide bonds. The van der Waals surface area contributed by atoms with Crippen molar-refractivity contribution < 1.29 is 51.9 Å². The van der Waals surface area contributed by atoms with Crippen molar-refractivity contribution in [3.8, 4) is 0 Å². The zero-order chi connectivity index (χ0) is 38.5. The predicted molar refractivity (Wildman–Crippen MR) is 195 cm³/mol. The van der Waals surface area contributed by atoms with Gasteiger partial charge in [0.05, 0.1) is 19.6 Å². The molecule has 0 heterocycles. The van der Waals surface area contributed by atoms with Gasteiger partial charge in [0, 0.05) is 0 Å². The third-order valence-corrected chi connectivity index (χ3v) is 13.0. The summed E-state index contributed by atoms with van der Waals surface area (Å²) in [6, 6.07) is 24.0. The molecule has 0 aromatic heterocycles. The average Bonchev–Trinajstić information content (AvgIpc) is 3.08. The summed E-state index contributed by atoms with van der Waals surface area (Å²) in [7, 11) is -17.5. The fourth-order valence-corrected chi connectivity index (χ4v) is 8.27. The Kier molecular flexibility index (Phi) is 13.2. The van der Waals surface area contributed by atoms with E-state index < -0.39 is 40.5 Å². The molecule has 4 aromatic rings. The van der Waals surface area contributed by atoms with Crippen LogP contribution in [0.2, 0.25) is 0 Å². The van der Waals surface area contributed by atoms with Gasteiger partial charge >= 0.3 is 0 Å². The third kappa shape index (κ3) is 11.5. The van der Waals surface area contributed by atoms with Crippen LogP contribution in [-0.2, 0) is 40.5 Å². The first kappa shape index (κ1) is 41.3. The molecule has 4 aromatic carbocycles. The van der Waals surface area contributed by atoms with Crippen LogP contribution in [0.15, 0.2) is 117 Å². The van der Waals surface area contributed by atoms with Gasteiger partial charge in [-0.05, 0) is 133 Å². The third-order valence-electron chi connectivity index (χ3n) is 9.55. The van der Waals surface area contributed by atoms with Gasteiger partial charge < -0.3 is 0 Å². The summed E-state index contributed by atoms with van der Waals surface area (Å²) in [5.41, 5.74) is 3.41. The molecule has 0 bridgehead atoms. The average molecular weight is 795 g/mol. The van der Waals surface area contributed by atoms with Crippen molar-refractivity contribution in [2.45, 2.75) is 95.6 Å². The molecule has 0 radical (unpaired) electrons. The summed E-state index contributed by atoms with van der Waals surface area (Å²) in [5, 5.41) is 0. The van der Waals surface area contributed by atoms with Gasteiger partial charge in [-0.1, -0.05) is 62.4 Å². The van der Waals surface area contributed by atoms with Crippen LogP contribution in [0.25, 0.3) is 0 Å². The largest absolute Gasteiger partial charge is 0.294 e. The first-order chi connectivity index (χ1) is 24.1. The van der Waals surface area contributed by atoms with Gasteiger partial charge in [-0.15, -0.1) is 0 Å². The van der Waals surface area contributed by atoms with E-state index in [0.29, 0.717) is 38.5 Å². The van der Waals surface area contributed by atoms with E-state index in [1.165, 1.54) is 48.5 Å². The minimum absolute atomic E-state index is 0.00753. The zero-order valence-corrected chi connectivity index (χ0v) is 31.7. The molecule has 4 rings (SSSR count). The Hall–Kier alpha value is -3.48. The molecule has 52 heavy (non-hydrogen) atoms. The molecule has 0 aliphatic carbocycles. The van der Waals surface area contributed by atoms with Crippen molar-refractivity contribution in [1.29, 1.82) is 0 Å². The summed E-state index contributed by atoms with van der Waals surface area (Å²) in [6.45, 7) is 3.98. The van der Waals surface area contributed by atoms with Crippen LogP contribution in [0, 0.1) is 0 Å². The first-order valence-corrected chi connectivity index (χ1v) is 22.2. The normalized spacial score (nSPS) is 15.1. The molecule has 4 atom stereocenters. The summed E-state index contributed by atoms with van der Waals surface area (Å²) in [4.78, 5) is -0.892. The Balaban J connectivity index is 1.59. The number of rotatable bonds is 17. The van der Waals surface area contributed by atoms with E-state index in [2.05, 4.69) is 0 Å². The summed E-state index contributed by atoms with van der Waals surface area (Å²) in [5.74, 6) is -0.182. The molecule has 16 heteroatoms. The van der Waals surface area contributed by atoms with E-state index in [4.69, 9.17) is 0 Å². The Morgan fingerprint density at radius 2 is 0.538 bits per heavy atom. The van der Waals surface area contributed by atoms with Crippen LogP contribution < -0.4 is 0 Å². The van der Waals surface area contributed by atoms with Gasteiger partial charge in [0.25, 0.3) is 40.5 Å². The lowest BCUT2D eigenvalue weighted by Gasteiger charge is -2.25. The lowest BCUT2D eigenvalue weighted by atomic mass is 9.80. The molecular weight excluding hydrogens is 753 g/mol. The van der Waals surface area contributed by atoms with Crippen LogP contribution in [0.1, 0.15) is 98.3 Å². The van der Waals surface area contributed by atoms with Crippen molar-refractivity contribution in [2.24, 2.45) is 0 Å². The second-order valence-electron chi connectivity index (χ2n) is 13.1. The molecule has 0 saturated heterocycles. The topological polar surface area (TPSA) is 217 Å². The Labute approximate surface area is 305 Å². The molecule has 0 aliphatic heterocycles. The highest BCUT2D eigenvalue weighted by molar-refractivity contribution is 7.86. The standard InChI is InChI=1S/C36H42O12S4/c1-25(27-9-17-33(18-10-27)49(37,38)39)3-5-29(31-13-21-35(22-14-31)51(43,44)45)7-8-30(32-15-23-36(24-16-32)52(46,47)48)6-4-26(2)28-11-19-34(20-12-28)50(40,41)42/h9-26,29-30H,3-8H2,1-2H3,(H,37,38,39)(H,40,41,42)(H,43,44,45)(H,46,47,48)/t25-,26-,29+,30+/m1/s1. The lowest BCUT2D eigenvalue weighted by molar-refractivity contribution is 0.449. The van der Waals surface area contributed by atoms with E-state index in [1.54, 1.807) is 48.5 Å². The fraction of sp³-hybridized carbons (Fsp3) is 0.333. The maximum absolute atomic E-state index is 11.7. The second-order valence-corrected chi connectivity index (χ2v) is 18.8. The van der Waals surface area contributed by atoms with Crippen molar-refractivity contribution in [2.75, 3.05) is 0 Å². The summed E-state index contributed by atoms with van der Waals surface area (Å²) >= 11 is 0. The van der Waals surface area contributed by atoms with E-state index in [9.17, 15) is 51.9 Å². The molecular formula is C36H42O12S4. The highest BCUT2D eigenvalue weighted by Crippen LogP contribution is 2.38. The van der Waals surface area contributed by atoms with Gasteiger partial charge in [-0.25, -0.2) is 0 Å². The Morgan fingerprint density at radius 3 is 0.750 bits per heavy atom. The molecule has 0 unspecified atom stereocenters.